The van der Waals surface area contributed by atoms with Crippen molar-refractivity contribution in [3.63, 3.8) is 0 Å². The number of anilines is 1. The van der Waals surface area contributed by atoms with Gasteiger partial charge in [-0.25, -0.2) is 4.98 Å². The predicted octanol–water partition coefficient (Wildman–Crippen LogP) is 5.15. The summed E-state index contributed by atoms with van der Waals surface area (Å²) in [6.07, 6.45) is 3.50. The molecule has 0 aliphatic carbocycles. The normalized spacial score (nSPS) is 11.0. The number of imidazole rings is 1. The maximum Gasteiger partial charge on any atom is 0.274 e. The molecule has 0 saturated heterocycles. The van der Waals surface area contributed by atoms with Crippen molar-refractivity contribution in [1.29, 1.82) is 0 Å². The van der Waals surface area contributed by atoms with Crippen molar-refractivity contribution in [2.24, 2.45) is 0 Å². The Morgan fingerprint density at radius 1 is 1.29 bits per heavy atom. The Balaban J connectivity index is 2.05. The highest BCUT2D eigenvalue weighted by Gasteiger charge is 2.20. The van der Waals surface area contributed by atoms with E-state index in [2.05, 4.69) is 17.2 Å². The second-order valence-corrected chi connectivity index (χ2v) is 6.43. The quantitative estimate of drug-likeness (QED) is 0.697. The van der Waals surface area contributed by atoms with Crippen LogP contribution in [0.5, 0.6) is 0 Å². The first kappa shape index (κ1) is 16.8. The molecular formula is C18H17Cl2N3O. The first-order valence-corrected chi connectivity index (χ1v) is 8.49. The van der Waals surface area contributed by atoms with Gasteiger partial charge in [-0.3, -0.25) is 9.20 Å². The fourth-order valence-electron chi connectivity index (χ4n) is 2.63. The second kappa shape index (κ2) is 6.83. The van der Waals surface area contributed by atoms with Crippen molar-refractivity contribution in [2.45, 2.75) is 26.7 Å². The maximum absolute atomic E-state index is 12.9. The third-order valence-corrected chi connectivity index (χ3v) is 4.57. The molecule has 1 N–H and O–H groups in total. The molecule has 1 aromatic carbocycles. The summed E-state index contributed by atoms with van der Waals surface area (Å²) in [6, 6.07) is 9.06. The Morgan fingerprint density at radius 2 is 2.08 bits per heavy atom. The molecule has 124 valence electrons. The number of nitrogens with one attached hydrogen (secondary N) is 1. The van der Waals surface area contributed by atoms with Crippen molar-refractivity contribution in [3.05, 3.63) is 63.5 Å². The number of aromatic nitrogens is 2. The average Bonchev–Trinajstić information content (AvgIpc) is 2.89. The number of halogens is 2. The molecule has 0 bridgehead atoms. The van der Waals surface area contributed by atoms with Gasteiger partial charge in [0.2, 0.25) is 0 Å². The molecule has 24 heavy (non-hydrogen) atoms. The Morgan fingerprint density at radius 3 is 2.83 bits per heavy atom. The summed E-state index contributed by atoms with van der Waals surface area (Å²) < 4.78 is 1.81. The first-order chi connectivity index (χ1) is 11.5. The van der Waals surface area contributed by atoms with Crippen molar-refractivity contribution in [1.82, 2.24) is 9.38 Å². The van der Waals surface area contributed by atoms with Gasteiger partial charge in [-0.2, -0.15) is 0 Å². The van der Waals surface area contributed by atoms with E-state index < -0.39 is 0 Å². The number of benzene rings is 1. The van der Waals surface area contributed by atoms with Gasteiger partial charge < -0.3 is 5.32 Å². The molecule has 0 aliphatic rings. The zero-order valence-corrected chi connectivity index (χ0v) is 14.9. The van der Waals surface area contributed by atoms with E-state index in [0.717, 1.165) is 29.7 Å². The lowest BCUT2D eigenvalue weighted by atomic mass is 10.2. The lowest BCUT2D eigenvalue weighted by Gasteiger charge is -2.09. The minimum atomic E-state index is -0.251. The number of fused-ring (bicyclic) bond motifs is 1. The van der Waals surface area contributed by atoms with Crippen molar-refractivity contribution < 1.29 is 4.79 Å². The Kier molecular flexibility index (Phi) is 4.78. The van der Waals surface area contributed by atoms with Gasteiger partial charge in [-0.15, -0.1) is 0 Å². The maximum atomic E-state index is 12.9. The fraction of sp³-hybridized carbons (Fsp3) is 0.222. The molecule has 0 spiro atoms. The van der Waals surface area contributed by atoms with Gasteiger partial charge in [0.05, 0.1) is 21.4 Å². The predicted molar refractivity (Wildman–Crippen MR) is 98.3 cm³/mol. The van der Waals surface area contributed by atoms with Crippen LogP contribution in [-0.4, -0.2) is 15.3 Å². The standard InChI is InChI=1S/C18H17Cl2N3O/c1-3-5-14-17(23-9-8-11(2)10-15(23)21-14)18(24)22-13-7-4-6-12(19)16(13)20/h4,6-10H,3,5H2,1-2H3,(H,22,24). The monoisotopic (exact) mass is 361 g/mol. The van der Waals surface area contributed by atoms with Gasteiger partial charge in [-0.05, 0) is 43.2 Å². The molecule has 3 rings (SSSR count). The Bertz CT molecular complexity index is 918. The highest BCUT2D eigenvalue weighted by atomic mass is 35.5. The lowest BCUT2D eigenvalue weighted by Crippen LogP contribution is -2.16. The third kappa shape index (κ3) is 3.12. The molecule has 0 atom stereocenters. The van der Waals surface area contributed by atoms with Crippen LogP contribution in [0.1, 0.15) is 35.1 Å². The molecule has 3 aromatic rings. The van der Waals surface area contributed by atoms with Crippen LogP contribution in [-0.2, 0) is 6.42 Å². The van der Waals surface area contributed by atoms with E-state index >= 15 is 0 Å². The molecule has 1 amide bonds. The molecule has 0 aliphatic heterocycles. The van der Waals surface area contributed by atoms with Crippen LogP contribution in [0.15, 0.2) is 36.5 Å². The summed E-state index contributed by atoms with van der Waals surface area (Å²) in [5.74, 6) is -0.251. The largest absolute Gasteiger partial charge is 0.319 e. The second-order valence-electron chi connectivity index (χ2n) is 5.64. The number of carbonyl (C=O) groups excluding carboxylic acids is 1. The van der Waals surface area contributed by atoms with Gasteiger partial charge >= 0.3 is 0 Å². The third-order valence-electron chi connectivity index (χ3n) is 3.76. The number of hydrogen-bond donors (Lipinski definition) is 1. The molecule has 0 unspecified atom stereocenters. The number of pyridine rings is 1. The molecule has 4 nitrogen and oxygen atoms in total. The van der Waals surface area contributed by atoms with Crippen LogP contribution < -0.4 is 5.32 Å². The van der Waals surface area contributed by atoms with Gasteiger partial charge in [0.1, 0.15) is 11.3 Å². The molecule has 0 radical (unpaired) electrons. The van der Waals surface area contributed by atoms with E-state index in [-0.39, 0.29) is 5.91 Å². The highest BCUT2D eigenvalue weighted by Crippen LogP contribution is 2.30. The summed E-state index contributed by atoms with van der Waals surface area (Å²) in [5.41, 5.74) is 3.65. The molecular weight excluding hydrogens is 345 g/mol. The summed E-state index contributed by atoms with van der Waals surface area (Å²) in [5, 5.41) is 3.57. The van der Waals surface area contributed by atoms with Crippen molar-refractivity contribution in [3.8, 4) is 0 Å². The Labute approximate surface area is 150 Å². The van der Waals surface area contributed by atoms with Crippen molar-refractivity contribution >= 4 is 40.4 Å². The number of rotatable bonds is 4. The fourth-order valence-corrected chi connectivity index (χ4v) is 2.98. The van der Waals surface area contributed by atoms with Crippen LogP contribution in [0.2, 0.25) is 10.0 Å². The minimum Gasteiger partial charge on any atom is -0.319 e. The van der Waals surface area contributed by atoms with E-state index in [1.165, 1.54) is 0 Å². The molecule has 2 heterocycles. The van der Waals surface area contributed by atoms with Crippen LogP contribution in [0.3, 0.4) is 0 Å². The average molecular weight is 362 g/mol. The van der Waals surface area contributed by atoms with E-state index in [1.54, 1.807) is 18.2 Å². The van der Waals surface area contributed by atoms with Gasteiger partial charge in [0.25, 0.3) is 5.91 Å². The number of nitrogens with zero attached hydrogens (tertiary/aromatic N) is 2. The summed E-state index contributed by atoms with van der Waals surface area (Å²) >= 11 is 12.2. The number of carbonyl (C=O) groups is 1. The van der Waals surface area contributed by atoms with E-state index in [1.807, 2.05) is 29.7 Å². The minimum absolute atomic E-state index is 0.251. The Hall–Kier alpha value is -2.04. The van der Waals surface area contributed by atoms with Crippen LogP contribution >= 0.6 is 23.2 Å². The molecule has 2 aromatic heterocycles. The number of hydrogen-bond acceptors (Lipinski definition) is 2. The van der Waals surface area contributed by atoms with Gasteiger partial charge in [0, 0.05) is 6.20 Å². The molecule has 6 heteroatoms. The van der Waals surface area contributed by atoms with E-state index in [0.29, 0.717) is 21.4 Å². The highest BCUT2D eigenvalue weighted by molar-refractivity contribution is 6.44. The van der Waals surface area contributed by atoms with Gasteiger partial charge in [-0.1, -0.05) is 42.6 Å². The summed E-state index contributed by atoms with van der Waals surface area (Å²) in [4.78, 5) is 17.5. The van der Waals surface area contributed by atoms with Crippen LogP contribution in [0.25, 0.3) is 5.65 Å². The first-order valence-electron chi connectivity index (χ1n) is 7.74. The molecule has 0 saturated carbocycles. The van der Waals surface area contributed by atoms with Crippen molar-refractivity contribution in [2.75, 3.05) is 5.32 Å². The lowest BCUT2D eigenvalue weighted by molar-refractivity contribution is 0.102. The SMILES string of the molecule is CCCc1nc2cc(C)ccn2c1C(=O)Nc1cccc(Cl)c1Cl. The smallest absolute Gasteiger partial charge is 0.274 e. The number of amides is 1. The summed E-state index contributed by atoms with van der Waals surface area (Å²) in [7, 11) is 0. The molecule has 0 fully saturated rings. The van der Waals surface area contributed by atoms with E-state index in [9.17, 15) is 4.79 Å². The topological polar surface area (TPSA) is 46.4 Å². The number of aryl methyl sites for hydroxylation is 2. The summed E-state index contributed by atoms with van der Waals surface area (Å²) in [6.45, 7) is 4.06. The zero-order valence-electron chi connectivity index (χ0n) is 13.4. The van der Waals surface area contributed by atoms with E-state index in [4.69, 9.17) is 23.2 Å². The van der Waals surface area contributed by atoms with Crippen LogP contribution in [0.4, 0.5) is 5.69 Å². The van der Waals surface area contributed by atoms with Gasteiger partial charge in [0.15, 0.2) is 0 Å². The van der Waals surface area contributed by atoms with Crippen LogP contribution in [0, 0.1) is 6.92 Å². The zero-order chi connectivity index (χ0) is 17.3.